The van der Waals surface area contributed by atoms with Gasteiger partial charge in [0, 0.05) is 39.5 Å². The molecule has 1 amide bonds. The molecule has 2 aromatic rings. The van der Waals surface area contributed by atoms with Crippen molar-refractivity contribution in [2.24, 2.45) is 5.92 Å². The van der Waals surface area contributed by atoms with Gasteiger partial charge < -0.3 is 19.3 Å². The maximum atomic E-state index is 13.5. The Morgan fingerprint density at radius 1 is 1.19 bits per heavy atom. The lowest BCUT2D eigenvalue weighted by Gasteiger charge is -2.35. The van der Waals surface area contributed by atoms with E-state index in [9.17, 15) is 4.79 Å². The number of piperidine rings is 1. The van der Waals surface area contributed by atoms with Crippen LogP contribution in [-0.4, -0.2) is 84.6 Å². The molecule has 32 heavy (non-hydrogen) atoms. The lowest BCUT2D eigenvalue weighted by Crippen LogP contribution is -2.44. The summed E-state index contributed by atoms with van der Waals surface area (Å²) in [6.45, 7) is 6.85. The highest BCUT2D eigenvalue weighted by Crippen LogP contribution is 2.22. The largest absolute Gasteiger partial charge is 0.383 e. The van der Waals surface area contributed by atoms with Crippen LogP contribution in [0.15, 0.2) is 42.7 Å². The lowest BCUT2D eigenvalue weighted by atomic mass is 9.95. The van der Waals surface area contributed by atoms with Gasteiger partial charge in [0.15, 0.2) is 0 Å². The fourth-order valence-corrected chi connectivity index (χ4v) is 4.71. The molecule has 2 saturated heterocycles. The third-order valence-corrected chi connectivity index (χ3v) is 6.60. The van der Waals surface area contributed by atoms with Crippen LogP contribution >= 0.6 is 0 Å². The first kappa shape index (κ1) is 23.0. The van der Waals surface area contributed by atoms with E-state index in [1.807, 2.05) is 34.0 Å². The highest BCUT2D eigenvalue weighted by molar-refractivity contribution is 5.93. The van der Waals surface area contributed by atoms with E-state index in [4.69, 9.17) is 9.47 Å². The predicted octanol–water partition coefficient (Wildman–Crippen LogP) is 2.91. The number of likely N-dealkylation sites (tertiary alicyclic amines) is 1. The Bertz CT molecular complexity index is 827. The van der Waals surface area contributed by atoms with Gasteiger partial charge in [0.25, 0.3) is 5.91 Å². The SMILES string of the molecule is COCCN1CCC(CN(CC2CCCO2)C(=O)c2cnn(Cc3ccccc3)c2)CC1. The van der Waals surface area contributed by atoms with E-state index in [1.54, 1.807) is 13.3 Å². The lowest BCUT2D eigenvalue weighted by molar-refractivity contribution is 0.0437. The normalized spacial score (nSPS) is 20.0. The second-order valence-corrected chi connectivity index (χ2v) is 9.04. The zero-order valence-electron chi connectivity index (χ0n) is 19.2. The van der Waals surface area contributed by atoms with Gasteiger partial charge in [-0.1, -0.05) is 30.3 Å². The summed E-state index contributed by atoms with van der Waals surface area (Å²) in [7, 11) is 1.75. The molecule has 2 fully saturated rings. The number of aromatic nitrogens is 2. The number of hydrogen-bond donors (Lipinski definition) is 0. The van der Waals surface area contributed by atoms with Crippen LogP contribution < -0.4 is 0 Å². The molecule has 2 aliphatic heterocycles. The van der Waals surface area contributed by atoms with Gasteiger partial charge in [0.2, 0.25) is 0 Å². The fourth-order valence-electron chi connectivity index (χ4n) is 4.71. The van der Waals surface area contributed by atoms with Crippen LogP contribution in [0, 0.1) is 5.92 Å². The molecule has 1 unspecified atom stereocenters. The second-order valence-electron chi connectivity index (χ2n) is 9.04. The van der Waals surface area contributed by atoms with Gasteiger partial charge in [0.1, 0.15) is 0 Å². The highest BCUT2D eigenvalue weighted by atomic mass is 16.5. The van der Waals surface area contributed by atoms with Gasteiger partial charge in [-0.3, -0.25) is 9.48 Å². The van der Waals surface area contributed by atoms with Crippen molar-refractivity contribution in [3.05, 3.63) is 53.9 Å². The molecule has 7 nitrogen and oxygen atoms in total. The zero-order valence-corrected chi connectivity index (χ0v) is 19.2. The number of benzene rings is 1. The van der Waals surface area contributed by atoms with Crippen LogP contribution in [0.2, 0.25) is 0 Å². The minimum absolute atomic E-state index is 0.0709. The molecule has 2 aliphatic rings. The number of amides is 1. The average molecular weight is 441 g/mol. The number of methoxy groups -OCH3 is 1. The number of rotatable bonds is 10. The summed E-state index contributed by atoms with van der Waals surface area (Å²) >= 11 is 0. The van der Waals surface area contributed by atoms with Crippen LogP contribution in [0.5, 0.6) is 0 Å². The summed E-state index contributed by atoms with van der Waals surface area (Å²) in [4.78, 5) is 17.9. The summed E-state index contributed by atoms with van der Waals surface area (Å²) in [5.41, 5.74) is 1.84. The van der Waals surface area contributed by atoms with Gasteiger partial charge in [-0.05, 0) is 50.3 Å². The number of ether oxygens (including phenoxy) is 2. The van der Waals surface area contributed by atoms with Crippen LogP contribution in [0.3, 0.4) is 0 Å². The molecular weight excluding hydrogens is 404 g/mol. The molecule has 0 N–H and O–H groups in total. The predicted molar refractivity (Wildman–Crippen MR) is 124 cm³/mol. The van der Waals surface area contributed by atoms with Crippen molar-refractivity contribution in [1.82, 2.24) is 19.6 Å². The minimum atomic E-state index is 0.0709. The van der Waals surface area contributed by atoms with Gasteiger partial charge in [-0.25, -0.2) is 0 Å². The monoisotopic (exact) mass is 440 g/mol. The summed E-state index contributed by atoms with van der Waals surface area (Å²) in [6.07, 6.45) is 8.09. The molecule has 1 atom stereocenters. The molecule has 1 aromatic carbocycles. The Morgan fingerprint density at radius 2 is 2.00 bits per heavy atom. The van der Waals surface area contributed by atoms with E-state index in [0.717, 1.165) is 65.1 Å². The molecule has 1 aromatic heterocycles. The highest BCUT2D eigenvalue weighted by Gasteiger charge is 2.28. The van der Waals surface area contributed by atoms with Crippen molar-refractivity contribution in [2.45, 2.75) is 38.3 Å². The molecule has 0 bridgehead atoms. The molecule has 3 heterocycles. The van der Waals surface area contributed by atoms with Gasteiger partial charge >= 0.3 is 0 Å². The molecule has 0 spiro atoms. The van der Waals surface area contributed by atoms with Crippen LogP contribution in [0.4, 0.5) is 0 Å². The first-order valence-corrected chi connectivity index (χ1v) is 11.9. The first-order chi connectivity index (χ1) is 15.7. The Labute approximate surface area is 191 Å². The van der Waals surface area contributed by atoms with Crippen molar-refractivity contribution in [1.29, 1.82) is 0 Å². The van der Waals surface area contributed by atoms with Gasteiger partial charge in [-0.2, -0.15) is 5.10 Å². The van der Waals surface area contributed by atoms with E-state index >= 15 is 0 Å². The number of carbonyl (C=O) groups is 1. The van der Waals surface area contributed by atoms with Crippen molar-refractivity contribution in [3.63, 3.8) is 0 Å². The van der Waals surface area contributed by atoms with E-state index in [0.29, 0.717) is 24.6 Å². The maximum absolute atomic E-state index is 13.5. The summed E-state index contributed by atoms with van der Waals surface area (Å²) in [6, 6.07) is 10.2. The third-order valence-electron chi connectivity index (χ3n) is 6.60. The zero-order chi connectivity index (χ0) is 22.2. The molecule has 0 saturated carbocycles. The van der Waals surface area contributed by atoms with Crippen molar-refractivity contribution in [3.8, 4) is 0 Å². The smallest absolute Gasteiger partial charge is 0.257 e. The van der Waals surface area contributed by atoms with E-state index in [2.05, 4.69) is 22.1 Å². The molecule has 174 valence electrons. The minimum Gasteiger partial charge on any atom is -0.383 e. The van der Waals surface area contributed by atoms with E-state index in [-0.39, 0.29) is 12.0 Å². The van der Waals surface area contributed by atoms with Gasteiger partial charge in [0.05, 0.1) is 31.0 Å². The average Bonchev–Trinajstić information content (AvgIpc) is 3.51. The Kier molecular flexibility index (Phi) is 8.31. The quantitative estimate of drug-likeness (QED) is 0.569. The molecule has 0 aliphatic carbocycles. The molecule has 4 rings (SSSR count). The molecule has 7 heteroatoms. The van der Waals surface area contributed by atoms with Crippen LogP contribution in [-0.2, 0) is 16.0 Å². The van der Waals surface area contributed by atoms with Crippen LogP contribution in [0.1, 0.15) is 41.6 Å². The first-order valence-electron chi connectivity index (χ1n) is 11.9. The second kappa shape index (κ2) is 11.6. The molecule has 0 radical (unpaired) electrons. The number of hydrogen-bond acceptors (Lipinski definition) is 5. The van der Waals surface area contributed by atoms with E-state index in [1.165, 1.54) is 5.56 Å². The summed E-state index contributed by atoms with van der Waals surface area (Å²) < 4.78 is 12.9. The van der Waals surface area contributed by atoms with Crippen molar-refractivity contribution < 1.29 is 14.3 Å². The number of nitrogens with zero attached hydrogens (tertiary/aromatic N) is 4. The fraction of sp³-hybridized carbons (Fsp3) is 0.600. The maximum Gasteiger partial charge on any atom is 0.257 e. The Balaban J connectivity index is 1.38. The van der Waals surface area contributed by atoms with Crippen LogP contribution in [0.25, 0.3) is 0 Å². The topological polar surface area (TPSA) is 59.8 Å². The van der Waals surface area contributed by atoms with Crippen molar-refractivity contribution >= 4 is 5.91 Å². The Morgan fingerprint density at radius 3 is 2.72 bits per heavy atom. The van der Waals surface area contributed by atoms with E-state index < -0.39 is 0 Å². The number of carbonyl (C=O) groups excluding carboxylic acids is 1. The third kappa shape index (κ3) is 6.40. The van der Waals surface area contributed by atoms with Gasteiger partial charge in [-0.15, -0.1) is 0 Å². The standard InChI is InChI=1S/C25H36N4O3/c1-31-15-13-27-11-9-22(10-12-27)17-28(20-24-8-5-14-32-24)25(30)23-16-26-29(19-23)18-21-6-3-2-4-7-21/h2-4,6-7,16,19,22,24H,5,8-15,17-18,20H2,1H3. The molecular formula is C25H36N4O3. The Hall–Kier alpha value is -2.22. The van der Waals surface area contributed by atoms with Crippen molar-refractivity contribution in [2.75, 3.05) is 53.0 Å². The summed E-state index contributed by atoms with van der Waals surface area (Å²) in [5, 5.41) is 4.45. The summed E-state index contributed by atoms with van der Waals surface area (Å²) in [5.74, 6) is 0.597.